The van der Waals surface area contributed by atoms with Crippen LogP contribution in [0.1, 0.15) is 34.6 Å². The van der Waals surface area contributed by atoms with Gasteiger partial charge in [-0.2, -0.15) is 0 Å². The fraction of sp³-hybridized carbons (Fsp3) is 0.200. The molecule has 0 unspecified atom stereocenters. The Balaban J connectivity index is 2.54. The number of thioether (sulfide) groups is 2. The molecule has 0 spiro atoms. The number of carbonyl (C=O) groups excluding carboxylic acids is 2. The quantitative estimate of drug-likeness (QED) is 0.272. The molecular formula is C20H20O2S2. The Bertz CT molecular complexity index is 660. The molecule has 24 heavy (non-hydrogen) atoms. The first kappa shape index (κ1) is 18.6. The first-order valence-electron chi connectivity index (χ1n) is 7.88. The van der Waals surface area contributed by atoms with Gasteiger partial charge in [-0.3, -0.25) is 9.59 Å². The van der Waals surface area contributed by atoms with Crippen molar-refractivity contribution in [2.75, 3.05) is 11.5 Å². The van der Waals surface area contributed by atoms with Crippen LogP contribution in [0.2, 0.25) is 0 Å². The number of allylic oxidation sites excluding steroid dienone is 1. The summed E-state index contributed by atoms with van der Waals surface area (Å²) >= 11 is 3.11. The molecule has 0 bridgehead atoms. The molecule has 4 heteroatoms. The zero-order valence-electron chi connectivity index (χ0n) is 13.8. The summed E-state index contributed by atoms with van der Waals surface area (Å²) in [6.45, 7) is 4.05. The molecule has 124 valence electrons. The fourth-order valence-electron chi connectivity index (χ4n) is 2.20. The highest BCUT2D eigenvalue weighted by Crippen LogP contribution is 2.34. The van der Waals surface area contributed by atoms with Crippen molar-refractivity contribution >= 4 is 35.1 Å². The van der Waals surface area contributed by atoms with Crippen molar-refractivity contribution in [3.63, 3.8) is 0 Å². The van der Waals surface area contributed by atoms with Gasteiger partial charge in [-0.15, -0.1) is 23.5 Å². The van der Waals surface area contributed by atoms with Crippen molar-refractivity contribution in [1.29, 1.82) is 0 Å². The van der Waals surface area contributed by atoms with Crippen LogP contribution in [0.5, 0.6) is 0 Å². The summed E-state index contributed by atoms with van der Waals surface area (Å²) in [5, 5.41) is 0. The van der Waals surface area contributed by atoms with Gasteiger partial charge in [0.05, 0.1) is 9.81 Å². The molecule has 0 aliphatic heterocycles. The molecule has 0 aliphatic carbocycles. The monoisotopic (exact) mass is 356 g/mol. The smallest absolute Gasteiger partial charge is 0.198 e. The fourth-order valence-corrected chi connectivity index (χ4v) is 4.43. The van der Waals surface area contributed by atoms with E-state index in [1.165, 1.54) is 0 Å². The Morgan fingerprint density at radius 1 is 0.708 bits per heavy atom. The summed E-state index contributed by atoms with van der Waals surface area (Å²) in [6.07, 6.45) is 0. The number of hydrogen-bond donors (Lipinski definition) is 0. The van der Waals surface area contributed by atoms with Gasteiger partial charge in [-0.05, 0) is 11.5 Å². The van der Waals surface area contributed by atoms with Crippen LogP contribution >= 0.6 is 23.5 Å². The second kappa shape index (κ2) is 9.50. The summed E-state index contributed by atoms with van der Waals surface area (Å²) in [5.41, 5.74) is 1.37. The third-order valence-corrected chi connectivity index (χ3v) is 5.50. The van der Waals surface area contributed by atoms with Crippen LogP contribution in [0, 0.1) is 0 Å². The van der Waals surface area contributed by atoms with Gasteiger partial charge in [0.2, 0.25) is 0 Å². The van der Waals surface area contributed by atoms with E-state index in [1.807, 2.05) is 50.2 Å². The van der Waals surface area contributed by atoms with Crippen LogP contribution < -0.4 is 0 Å². The lowest BCUT2D eigenvalue weighted by molar-refractivity contribution is 0.0962. The van der Waals surface area contributed by atoms with Gasteiger partial charge in [0.25, 0.3) is 0 Å². The summed E-state index contributed by atoms with van der Waals surface area (Å²) in [4.78, 5) is 26.1. The molecule has 2 rings (SSSR count). The predicted octanol–water partition coefficient (Wildman–Crippen LogP) is 5.47. The third-order valence-electron chi connectivity index (χ3n) is 3.28. The molecule has 0 aromatic heterocycles. The third kappa shape index (κ3) is 4.62. The lowest BCUT2D eigenvalue weighted by Gasteiger charge is -2.12. The molecule has 0 aliphatic rings. The van der Waals surface area contributed by atoms with Gasteiger partial charge in [0.15, 0.2) is 11.6 Å². The molecule has 0 saturated carbocycles. The van der Waals surface area contributed by atoms with Crippen LogP contribution in [0.4, 0.5) is 0 Å². The minimum atomic E-state index is -0.207. The normalized spacial score (nSPS) is 10.2. The first-order chi connectivity index (χ1) is 11.7. The maximum Gasteiger partial charge on any atom is 0.198 e. The number of ketones is 2. The Hall–Kier alpha value is -1.78. The molecule has 0 heterocycles. The van der Waals surface area contributed by atoms with Crippen molar-refractivity contribution in [2.45, 2.75) is 13.8 Å². The summed E-state index contributed by atoms with van der Waals surface area (Å²) in [5.74, 6) is 1.22. The summed E-state index contributed by atoms with van der Waals surface area (Å²) in [6, 6.07) is 18.0. The van der Waals surface area contributed by atoms with Gasteiger partial charge in [-0.1, -0.05) is 74.5 Å². The Morgan fingerprint density at radius 2 is 1.08 bits per heavy atom. The van der Waals surface area contributed by atoms with E-state index in [4.69, 9.17) is 0 Å². The highest BCUT2D eigenvalue weighted by Gasteiger charge is 2.25. The van der Waals surface area contributed by atoms with E-state index in [-0.39, 0.29) is 17.1 Å². The van der Waals surface area contributed by atoms with Crippen molar-refractivity contribution in [2.24, 2.45) is 0 Å². The van der Waals surface area contributed by atoms with E-state index in [0.29, 0.717) is 11.1 Å². The van der Waals surface area contributed by atoms with Crippen molar-refractivity contribution in [3.8, 4) is 0 Å². The van der Waals surface area contributed by atoms with E-state index in [9.17, 15) is 9.59 Å². The molecular weight excluding hydrogens is 336 g/mol. The van der Waals surface area contributed by atoms with Gasteiger partial charge in [-0.25, -0.2) is 0 Å². The lowest BCUT2D eigenvalue weighted by atomic mass is 9.97. The second-order valence-corrected chi connectivity index (χ2v) is 7.73. The zero-order chi connectivity index (χ0) is 17.4. The molecule has 2 aromatic carbocycles. The standard InChI is InChI=1S/C20H20O2S2/c1-3-23-20(24-4-2)17(18(21)15-11-7-5-8-12-15)19(22)16-13-9-6-10-14-16/h5-14H,3-4H2,1-2H3. The SMILES string of the molecule is CCSC(SCC)=C(C(=O)c1ccccc1)C(=O)c1ccccc1. The van der Waals surface area contributed by atoms with Crippen molar-refractivity contribution in [3.05, 3.63) is 81.6 Å². The average molecular weight is 357 g/mol. The summed E-state index contributed by atoms with van der Waals surface area (Å²) in [7, 11) is 0. The Kier molecular flexibility index (Phi) is 7.35. The maximum atomic E-state index is 13.0. The first-order valence-corrected chi connectivity index (χ1v) is 9.85. The Morgan fingerprint density at radius 3 is 1.42 bits per heavy atom. The highest BCUT2D eigenvalue weighted by atomic mass is 32.2. The van der Waals surface area contributed by atoms with Crippen LogP contribution in [-0.2, 0) is 0 Å². The van der Waals surface area contributed by atoms with Crippen LogP contribution in [0.25, 0.3) is 0 Å². The molecule has 0 radical (unpaired) electrons. The van der Waals surface area contributed by atoms with E-state index in [1.54, 1.807) is 47.8 Å². The molecule has 2 aromatic rings. The number of benzene rings is 2. The molecule has 0 atom stereocenters. The van der Waals surface area contributed by atoms with Gasteiger partial charge in [0, 0.05) is 11.1 Å². The largest absolute Gasteiger partial charge is 0.288 e. The van der Waals surface area contributed by atoms with E-state index in [2.05, 4.69) is 0 Å². The van der Waals surface area contributed by atoms with Crippen molar-refractivity contribution < 1.29 is 9.59 Å². The summed E-state index contributed by atoms with van der Waals surface area (Å²) < 4.78 is 0.808. The van der Waals surface area contributed by atoms with Gasteiger partial charge in [0.1, 0.15) is 0 Å². The minimum absolute atomic E-state index is 0.207. The molecule has 0 N–H and O–H groups in total. The predicted molar refractivity (Wildman–Crippen MR) is 105 cm³/mol. The highest BCUT2D eigenvalue weighted by molar-refractivity contribution is 8.22. The van der Waals surface area contributed by atoms with Crippen LogP contribution in [0.3, 0.4) is 0 Å². The maximum absolute atomic E-state index is 13.0. The molecule has 0 saturated heterocycles. The van der Waals surface area contributed by atoms with Gasteiger partial charge < -0.3 is 0 Å². The molecule has 0 fully saturated rings. The number of carbonyl (C=O) groups is 2. The number of rotatable bonds is 8. The zero-order valence-corrected chi connectivity index (χ0v) is 15.5. The molecule has 0 amide bonds. The van der Waals surface area contributed by atoms with E-state index >= 15 is 0 Å². The molecule has 2 nitrogen and oxygen atoms in total. The minimum Gasteiger partial charge on any atom is -0.288 e. The van der Waals surface area contributed by atoms with Crippen LogP contribution in [-0.4, -0.2) is 23.1 Å². The van der Waals surface area contributed by atoms with Crippen LogP contribution in [0.15, 0.2) is 70.5 Å². The lowest BCUT2D eigenvalue weighted by Crippen LogP contribution is -2.15. The van der Waals surface area contributed by atoms with Gasteiger partial charge >= 0.3 is 0 Å². The van der Waals surface area contributed by atoms with E-state index in [0.717, 1.165) is 15.7 Å². The Labute approximate surface area is 151 Å². The topological polar surface area (TPSA) is 34.1 Å². The number of hydrogen-bond acceptors (Lipinski definition) is 4. The van der Waals surface area contributed by atoms with Crippen molar-refractivity contribution in [1.82, 2.24) is 0 Å². The average Bonchev–Trinajstić information content (AvgIpc) is 2.63. The van der Waals surface area contributed by atoms with E-state index < -0.39 is 0 Å². The number of Topliss-reactive ketones (excluding diaryl/α,β-unsaturated/α-hetero) is 2. The second-order valence-electron chi connectivity index (χ2n) is 4.92.